The largest absolute Gasteiger partial charge is 0.494 e. The third-order valence-corrected chi connectivity index (χ3v) is 2.71. The van der Waals surface area contributed by atoms with E-state index in [9.17, 15) is 5.11 Å². The molecule has 0 amide bonds. The Hall–Kier alpha value is -1.02. The van der Waals surface area contributed by atoms with E-state index in [0.717, 1.165) is 30.6 Å². The van der Waals surface area contributed by atoms with E-state index >= 15 is 0 Å². The topological polar surface area (TPSA) is 29.5 Å². The van der Waals surface area contributed by atoms with Crippen molar-refractivity contribution in [3.63, 3.8) is 0 Å². The molecule has 2 rings (SSSR count). The average Bonchev–Trinajstić information content (AvgIpc) is 2.20. The van der Waals surface area contributed by atoms with E-state index in [-0.39, 0.29) is 6.10 Å². The molecule has 0 saturated heterocycles. The highest BCUT2D eigenvalue weighted by Crippen LogP contribution is 2.32. The van der Waals surface area contributed by atoms with Crippen LogP contribution in [-0.2, 0) is 6.42 Å². The Morgan fingerprint density at radius 1 is 1.50 bits per heavy atom. The Kier molecular flexibility index (Phi) is 2.73. The number of ether oxygens (including phenoxy) is 1. The lowest BCUT2D eigenvalue weighted by molar-refractivity contribution is 0.156. The Bertz CT molecular complexity index is 320. The summed E-state index contributed by atoms with van der Waals surface area (Å²) in [7, 11) is 0. The second kappa shape index (κ2) is 4.01. The molecule has 76 valence electrons. The van der Waals surface area contributed by atoms with Gasteiger partial charge in [0.25, 0.3) is 0 Å². The predicted molar refractivity (Wildman–Crippen MR) is 55.5 cm³/mol. The van der Waals surface area contributed by atoms with Crippen LogP contribution in [0.3, 0.4) is 0 Å². The van der Waals surface area contributed by atoms with Gasteiger partial charge in [-0.1, -0.05) is 6.07 Å². The van der Waals surface area contributed by atoms with Crippen LogP contribution in [0.4, 0.5) is 0 Å². The first kappa shape index (κ1) is 9.53. The van der Waals surface area contributed by atoms with Gasteiger partial charge in [0.05, 0.1) is 12.7 Å². The van der Waals surface area contributed by atoms with Crippen molar-refractivity contribution in [2.45, 2.75) is 32.3 Å². The van der Waals surface area contributed by atoms with E-state index in [1.807, 2.05) is 19.1 Å². The van der Waals surface area contributed by atoms with Gasteiger partial charge in [-0.3, -0.25) is 0 Å². The van der Waals surface area contributed by atoms with Crippen molar-refractivity contribution in [2.75, 3.05) is 6.61 Å². The van der Waals surface area contributed by atoms with Gasteiger partial charge in [0.2, 0.25) is 0 Å². The molecule has 0 aliphatic heterocycles. The van der Waals surface area contributed by atoms with Gasteiger partial charge in [0, 0.05) is 0 Å². The molecule has 0 radical (unpaired) electrons. The standard InChI is InChI=1S/C12H16O2/c1-2-14-10-7-6-9-4-3-5-12(13)11(9)8-10/h6-8,12-13H,2-5H2,1H3/t12-/m1/s1. The molecule has 1 aromatic carbocycles. The van der Waals surface area contributed by atoms with Crippen molar-refractivity contribution >= 4 is 0 Å². The van der Waals surface area contributed by atoms with Gasteiger partial charge >= 0.3 is 0 Å². The normalized spacial score (nSPS) is 20.3. The smallest absolute Gasteiger partial charge is 0.119 e. The van der Waals surface area contributed by atoms with Gasteiger partial charge < -0.3 is 9.84 Å². The quantitative estimate of drug-likeness (QED) is 0.780. The van der Waals surface area contributed by atoms with Gasteiger partial charge in [-0.2, -0.15) is 0 Å². The lowest BCUT2D eigenvalue weighted by Gasteiger charge is -2.21. The third-order valence-electron chi connectivity index (χ3n) is 2.71. The Balaban J connectivity index is 2.31. The number of fused-ring (bicyclic) bond motifs is 1. The number of aliphatic hydroxyl groups excluding tert-OH is 1. The lowest BCUT2D eigenvalue weighted by atomic mass is 9.89. The monoisotopic (exact) mass is 192 g/mol. The summed E-state index contributed by atoms with van der Waals surface area (Å²) >= 11 is 0. The molecule has 0 aromatic heterocycles. The van der Waals surface area contributed by atoms with E-state index < -0.39 is 0 Å². The highest BCUT2D eigenvalue weighted by atomic mass is 16.5. The van der Waals surface area contributed by atoms with E-state index in [0.29, 0.717) is 6.61 Å². The molecule has 2 nitrogen and oxygen atoms in total. The van der Waals surface area contributed by atoms with Crippen LogP contribution in [0.2, 0.25) is 0 Å². The Labute approximate surface area is 84.5 Å². The summed E-state index contributed by atoms with van der Waals surface area (Å²) in [5, 5.41) is 9.80. The second-order valence-electron chi connectivity index (χ2n) is 3.70. The lowest BCUT2D eigenvalue weighted by Crippen LogP contribution is -2.09. The van der Waals surface area contributed by atoms with Crippen LogP contribution in [-0.4, -0.2) is 11.7 Å². The molecule has 14 heavy (non-hydrogen) atoms. The fourth-order valence-corrected chi connectivity index (χ4v) is 2.01. The van der Waals surface area contributed by atoms with Crippen LogP contribution in [0.5, 0.6) is 5.75 Å². The maximum atomic E-state index is 9.80. The molecule has 0 heterocycles. The summed E-state index contributed by atoms with van der Waals surface area (Å²) in [5.41, 5.74) is 2.33. The molecule has 1 aliphatic carbocycles. The van der Waals surface area contributed by atoms with Gasteiger partial charge in [0.1, 0.15) is 5.75 Å². The molecular formula is C12H16O2. The van der Waals surface area contributed by atoms with Crippen molar-refractivity contribution in [2.24, 2.45) is 0 Å². The number of aryl methyl sites for hydroxylation is 1. The van der Waals surface area contributed by atoms with Crippen LogP contribution < -0.4 is 4.74 Å². The summed E-state index contributed by atoms with van der Waals surface area (Å²) < 4.78 is 5.41. The zero-order valence-corrected chi connectivity index (χ0v) is 8.49. The number of aliphatic hydroxyl groups is 1. The first-order valence-electron chi connectivity index (χ1n) is 5.25. The van der Waals surface area contributed by atoms with Crippen molar-refractivity contribution < 1.29 is 9.84 Å². The van der Waals surface area contributed by atoms with Crippen LogP contribution in [0.15, 0.2) is 18.2 Å². The first-order chi connectivity index (χ1) is 6.81. The Morgan fingerprint density at radius 2 is 2.36 bits per heavy atom. The van der Waals surface area contributed by atoms with E-state index in [1.54, 1.807) is 0 Å². The van der Waals surface area contributed by atoms with Crippen LogP contribution in [0, 0.1) is 0 Å². The minimum Gasteiger partial charge on any atom is -0.494 e. The van der Waals surface area contributed by atoms with Crippen LogP contribution in [0.1, 0.15) is 37.0 Å². The summed E-state index contributed by atoms with van der Waals surface area (Å²) in [6.45, 7) is 2.64. The zero-order chi connectivity index (χ0) is 9.97. The predicted octanol–water partition coefficient (Wildman–Crippen LogP) is 2.46. The van der Waals surface area contributed by atoms with Gasteiger partial charge in [-0.15, -0.1) is 0 Å². The molecule has 0 fully saturated rings. The van der Waals surface area contributed by atoms with E-state index in [1.165, 1.54) is 5.56 Å². The fraction of sp³-hybridized carbons (Fsp3) is 0.500. The molecule has 2 heteroatoms. The molecule has 0 bridgehead atoms. The third kappa shape index (κ3) is 1.75. The van der Waals surface area contributed by atoms with Crippen molar-refractivity contribution in [1.82, 2.24) is 0 Å². The van der Waals surface area contributed by atoms with Gasteiger partial charge in [-0.05, 0) is 49.4 Å². The molecule has 1 aromatic rings. The SMILES string of the molecule is CCOc1ccc2c(c1)[C@H](O)CCC2. The zero-order valence-electron chi connectivity index (χ0n) is 8.49. The first-order valence-corrected chi connectivity index (χ1v) is 5.25. The van der Waals surface area contributed by atoms with Gasteiger partial charge in [-0.25, -0.2) is 0 Å². The summed E-state index contributed by atoms with van der Waals surface area (Å²) in [4.78, 5) is 0. The number of hydrogen-bond acceptors (Lipinski definition) is 2. The van der Waals surface area contributed by atoms with Crippen LogP contribution in [0.25, 0.3) is 0 Å². The maximum absolute atomic E-state index is 9.80. The summed E-state index contributed by atoms with van der Waals surface area (Å²) in [5.74, 6) is 0.868. The molecule has 1 aliphatic rings. The minimum absolute atomic E-state index is 0.292. The molecule has 0 unspecified atom stereocenters. The summed E-state index contributed by atoms with van der Waals surface area (Å²) in [6.07, 6.45) is 2.75. The minimum atomic E-state index is -0.292. The Morgan fingerprint density at radius 3 is 3.14 bits per heavy atom. The number of rotatable bonds is 2. The molecule has 0 spiro atoms. The van der Waals surface area contributed by atoms with E-state index in [4.69, 9.17) is 4.74 Å². The molecule has 1 atom stereocenters. The van der Waals surface area contributed by atoms with Gasteiger partial charge in [0.15, 0.2) is 0 Å². The second-order valence-corrected chi connectivity index (χ2v) is 3.70. The van der Waals surface area contributed by atoms with Crippen LogP contribution >= 0.6 is 0 Å². The summed E-state index contributed by atoms with van der Waals surface area (Å²) in [6, 6.07) is 6.03. The highest BCUT2D eigenvalue weighted by molar-refractivity contribution is 5.38. The molecule has 0 saturated carbocycles. The highest BCUT2D eigenvalue weighted by Gasteiger charge is 2.17. The molecular weight excluding hydrogens is 176 g/mol. The van der Waals surface area contributed by atoms with Crippen molar-refractivity contribution in [1.29, 1.82) is 0 Å². The number of hydrogen-bond donors (Lipinski definition) is 1. The average molecular weight is 192 g/mol. The van der Waals surface area contributed by atoms with E-state index in [2.05, 4.69) is 6.07 Å². The van der Waals surface area contributed by atoms with Crippen molar-refractivity contribution in [3.05, 3.63) is 29.3 Å². The molecule has 1 N–H and O–H groups in total. The fourth-order valence-electron chi connectivity index (χ4n) is 2.01. The maximum Gasteiger partial charge on any atom is 0.119 e. The van der Waals surface area contributed by atoms with Crippen molar-refractivity contribution in [3.8, 4) is 5.75 Å². The number of benzene rings is 1.